The summed E-state index contributed by atoms with van der Waals surface area (Å²) >= 11 is 0. The minimum atomic E-state index is -3.53. The van der Waals surface area contributed by atoms with E-state index in [-0.39, 0.29) is 10.9 Å². The van der Waals surface area contributed by atoms with Crippen molar-refractivity contribution in [3.05, 3.63) is 29.8 Å². The third-order valence-electron chi connectivity index (χ3n) is 4.71. The monoisotopic (exact) mass is 311 g/mol. The van der Waals surface area contributed by atoms with Crippen molar-refractivity contribution in [2.24, 2.45) is 11.8 Å². The Kier molecular flexibility index (Phi) is 5.07. The number of hydrogen-bond donors (Lipinski definition) is 2. The Labute approximate surface area is 127 Å². The molecule has 1 fully saturated rings. The summed E-state index contributed by atoms with van der Waals surface area (Å²) in [5.74, 6) is 0.964. The second-order valence-electron chi connectivity index (χ2n) is 6.08. The predicted molar refractivity (Wildman–Crippen MR) is 83.4 cm³/mol. The lowest BCUT2D eigenvalue weighted by molar-refractivity contribution is 0.199. The van der Waals surface area contributed by atoms with Crippen molar-refractivity contribution in [3.63, 3.8) is 0 Å². The molecule has 1 saturated carbocycles. The molecular formula is C16H25NO3S. The van der Waals surface area contributed by atoms with Gasteiger partial charge in [0.15, 0.2) is 0 Å². The van der Waals surface area contributed by atoms with Crippen molar-refractivity contribution in [1.29, 1.82) is 0 Å². The largest absolute Gasteiger partial charge is 0.389 e. The lowest BCUT2D eigenvalue weighted by atomic mass is 9.94. The molecule has 0 spiro atoms. The molecule has 0 amide bonds. The first-order valence-electron chi connectivity index (χ1n) is 7.65. The van der Waals surface area contributed by atoms with Gasteiger partial charge in [0.1, 0.15) is 0 Å². The lowest BCUT2D eigenvalue weighted by Crippen LogP contribution is -2.37. The van der Waals surface area contributed by atoms with Crippen LogP contribution in [0.5, 0.6) is 0 Å². The average molecular weight is 311 g/mol. The van der Waals surface area contributed by atoms with E-state index in [1.807, 2.05) is 0 Å². The molecule has 4 unspecified atom stereocenters. The van der Waals surface area contributed by atoms with Gasteiger partial charge in [0.2, 0.25) is 10.0 Å². The maximum atomic E-state index is 12.5. The molecule has 0 radical (unpaired) electrons. The van der Waals surface area contributed by atoms with Crippen molar-refractivity contribution in [2.45, 2.75) is 57.1 Å². The van der Waals surface area contributed by atoms with Crippen LogP contribution >= 0.6 is 0 Å². The van der Waals surface area contributed by atoms with Crippen LogP contribution in [0.1, 0.15) is 51.7 Å². The maximum absolute atomic E-state index is 12.5. The summed E-state index contributed by atoms with van der Waals surface area (Å²) in [5.41, 5.74) is 0.615. The topological polar surface area (TPSA) is 66.4 Å². The first-order chi connectivity index (χ1) is 9.85. The van der Waals surface area contributed by atoms with Gasteiger partial charge in [-0.15, -0.1) is 0 Å². The zero-order chi connectivity index (χ0) is 15.6. The zero-order valence-electron chi connectivity index (χ0n) is 12.9. The Morgan fingerprint density at radius 1 is 1.38 bits per heavy atom. The van der Waals surface area contributed by atoms with E-state index in [0.717, 1.165) is 19.3 Å². The smallest absolute Gasteiger partial charge is 0.240 e. The van der Waals surface area contributed by atoms with Crippen LogP contribution in [-0.2, 0) is 10.0 Å². The molecule has 1 aromatic carbocycles. The number of sulfonamides is 1. The molecule has 1 aliphatic carbocycles. The molecule has 4 nitrogen and oxygen atoms in total. The van der Waals surface area contributed by atoms with Crippen molar-refractivity contribution in [2.75, 3.05) is 0 Å². The third-order valence-corrected chi connectivity index (χ3v) is 6.20. The SMILES string of the molecule is CCC1CCC(NS(=O)(=O)c2cccc(C(C)O)c2)C1C. The highest BCUT2D eigenvalue weighted by atomic mass is 32.2. The minimum absolute atomic E-state index is 0.00940. The number of aliphatic hydroxyl groups excluding tert-OH is 1. The molecule has 118 valence electrons. The van der Waals surface area contributed by atoms with Crippen LogP contribution in [0.25, 0.3) is 0 Å². The summed E-state index contributed by atoms with van der Waals surface area (Å²) in [7, 11) is -3.53. The van der Waals surface area contributed by atoms with Crippen molar-refractivity contribution in [1.82, 2.24) is 4.72 Å². The highest BCUT2D eigenvalue weighted by Gasteiger charge is 2.34. The molecular weight excluding hydrogens is 286 g/mol. The van der Waals surface area contributed by atoms with E-state index < -0.39 is 16.1 Å². The van der Waals surface area contributed by atoms with E-state index in [1.54, 1.807) is 31.2 Å². The minimum Gasteiger partial charge on any atom is -0.389 e. The summed E-state index contributed by atoms with van der Waals surface area (Å²) in [4.78, 5) is 0.230. The van der Waals surface area contributed by atoms with Gasteiger partial charge in [0.25, 0.3) is 0 Å². The van der Waals surface area contributed by atoms with Crippen LogP contribution in [-0.4, -0.2) is 19.6 Å². The fourth-order valence-corrected chi connectivity index (χ4v) is 4.62. The molecule has 21 heavy (non-hydrogen) atoms. The Morgan fingerprint density at radius 2 is 2.10 bits per heavy atom. The van der Waals surface area contributed by atoms with Gasteiger partial charge in [-0.2, -0.15) is 0 Å². The van der Waals surface area contributed by atoms with Crippen LogP contribution < -0.4 is 4.72 Å². The van der Waals surface area contributed by atoms with E-state index in [2.05, 4.69) is 18.6 Å². The molecule has 0 heterocycles. The summed E-state index contributed by atoms with van der Waals surface area (Å²) in [6, 6.07) is 6.53. The highest BCUT2D eigenvalue weighted by Crippen LogP contribution is 2.34. The second kappa shape index (κ2) is 6.46. The van der Waals surface area contributed by atoms with E-state index in [4.69, 9.17) is 0 Å². The van der Waals surface area contributed by atoms with Gasteiger partial charge in [-0.25, -0.2) is 13.1 Å². The van der Waals surface area contributed by atoms with Gasteiger partial charge >= 0.3 is 0 Å². The van der Waals surface area contributed by atoms with Crippen molar-refractivity contribution < 1.29 is 13.5 Å². The standard InChI is InChI=1S/C16H25NO3S/c1-4-13-8-9-16(11(13)2)17-21(19,20)15-7-5-6-14(10-15)12(3)18/h5-7,10-13,16-18H,4,8-9H2,1-3H3. The molecule has 1 aliphatic rings. The molecule has 0 bridgehead atoms. The van der Waals surface area contributed by atoms with Crippen LogP contribution in [0.3, 0.4) is 0 Å². The number of benzene rings is 1. The number of hydrogen-bond acceptors (Lipinski definition) is 3. The van der Waals surface area contributed by atoms with Gasteiger partial charge in [-0.1, -0.05) is 32.4 Å². The summed E-state index contributed by atoms with van der Waals surface area (Å²) in [5, 5.41) is 9.59. The first kappa shape index (κ1) is 16.5. The predicted octanol–water partition coefficient (Wildman–Crippen LogP) is 2.84. The van der Waals surface area contributed by atoms with Crippen LogP contribution in [0, 0.1) is 11.8 Å². The highest BCUT2D eigenvalue weighted by molar-refractivity contribution is 7.89. The number of nitrogens with one attached hydrogen (secondary N) is 1. The van der Waals surface area contributed by atoms with Gasteiger partial charge in [-0.05, 0) is 49.3 Å². The normalized spacial score (nSPS) is 27.7. The zero-order valence-corrected chi connectivity index (χ0v) is 13.7. The Bertz CT molecular complexity index is 583. The maximum Gasteiger partial charge on any atom is 0.240 e. The molecule has 0 saturated heterocycles. The van der Waals surface area contributed by atoms with Crippen molar-refractivity contribution >= 4 is 10.0 Å². The molecule has 4 atom stereocenters. The molecule has 0 aromatic heterocycles. The van der Waals surface area contributed by atoms with Gasteiger partial charge in [0, 0.05) is 6.04 Å². The fourth-order valence-electron chi connectivity index (χ4n) is 3.20. The van der Waals surface area contributed by atoms with Gasteiger partial charge in [0.05, 0.1) is 11.0 Å². The lowest BCUT2D eigenvalue weighted by Gasteiger charge is -2.21. The van der Waals surface area contributed by atoms with Crippen LogP contribution in [0.15, 0.2) is 29.2 Å². The molecule has 1 aromatic rings. The summed E-state index contributed by atoms with van der Waals surface area (Å²) in [6.07, 6.45) is 2.40. The Hall–Kier alpha value is -0.910. The van der Waals surface area contributed by atoms with Crippen molar-refractivity contribution in [3.8, 4) is 0 Å². The number of aliphatic hydroxyl groups is 1. The third kappa shape index (κ3) is 3.65. The molecule has 5 heteroatoms. The quantitative estimate of drug-likeness (QED) is 0.878. The van der Waals surface area contributed by atoms with Gasteiger partial charge in [-0.3, -0.25) is 0 Å². The van der Waals surface area contributed by atoms with Crippen LogP contribution in [0.2, 0.25) is 0 Å². The molecule has 2 N–H and O–H groups in total. The van der Waals surface area contributed by atoms with E-state index in [9.17, 15) is 13.5 Å². The molecule has 0 aliphatic heterocycles. The Morgan fingerprint density at radius 3 is 2.67 bits per heavy atom. The van der Waals surface area contributed by atoms with E-state index >= 15 is 0 Å². The van der Waals surface area contributed by atoms with E-state index in [0.29, 0.717) is 17.4 Å². The second-order valence-corrected chi connectivity index (χ2v) is 7.80. The molecule has 2 rings (SSSR count). The Balaban J connectivity index is 2.17. The number of rotatable bonds is 5. The fraction of sp³-hybridized carbons (Fsp3) is 0.625. The van der Waals surface area contributed by atoms with E-state index in [1.165, 1.54) is 0 Å². The first-order valence-corrected chi connectivity index (χ1v) is 9.13. The summed E-state index contributed by atoms with van der Waals surface area (Å²) < 4.78 is 27.9. The summed E-state index contributed by atoms with van der Waals surface area (Å²) in [6.45, 7) is 5.91. The van der Waals surface area contributed by atoms with Gasteiger partial charge < -0.3 is 5.11 Å². The average Bonchev–Trinajstić information content (AvgIpc) is 2.79. The van der Waals surface area contributed by atoms with Crippen LogP contribution in [0.4, 0.5) is 0 Å².